The normalized spacial score (nSPS) is 10.0. The lowest BCUT2D eigenvalue weighted by Crippen LogP contribution is -2.28. The van der Waals surface area contributed by atoms with Crippen molar-refractivity contribution in [2.24, 2.45) is 0 Å². The summed E-state index contributed by atoms with van der Waals surface area (Å²) in [6, 6.07) is 3.39. The van der Waals surface area contributed by atoms with Gasteiger partial charge in [-0.15, -0.1) is 0 Å². The summed E-state index contributed by atoms with van der Waals surface area (Å²) in [5.74, 6) is -1.21. The van der Waals surface area contributed by atoms with Gasteiger partial charge < -0.3 is 9.64 Å². The Kier molecular flexibility index (Phi) is 4.22. The van der Waals surface area contributed by atoms with Crippen LogP contribution in [0.25, 0.3) is 0 Å². The molecule has 0 spiro atoms. The Hall–Kier alpha value is -1.65. The van der Waals surface area contributed by atoms with Crippen LogP contribution in [0.1, 0.15) is 5.56 Å². The Morgan fingerprint density at radius 2 is 2.12 bits per heavy atom. The van der Waals surface area contributed by atoms with Gasteiger partial charge in [0.1, 0.15) is 11.6 Å². The van der Waals surface area contributed by atoms with E-state index in [0.717, 1.165) is 6.07 Å². The molecular weight excluding hydrogens is 216 g/mol. The summed E-state index contributed by atoms with van der Waals surface area (Å²) in [7, 11) is 2.82. The number of carbonyl (C=O) groups excluding carboxylic acids is 1. The molecule has 1 rings (SSSR count). The molecule has 16 heavy (non-hydrogen) atoms. The average Bonchev–Trinajstić information content (AvgIpc) is 2.26. The van der Waals surface area contributed by atoms with E-state index < -0.39 is 17.7 Å². The second-order valence-electron chi connectivity index (χ2n) is 3.38. The second kappa shape index (κ2) is 5.44. The molecule has 0 aliphatic heterocycles. The molecular formula is C11H13F2NO2. The van der Waals surface area contributed by atoms with Crippen LogP contribution in [0.5, 0.6) is 0 Å². The molecule has 0 N–H and O–H groups in total. The largest absolute Gasteiger partial charge is 0.453 e. The van der Waals surface area contributed by atoms with Crippen molar-refractivity contribution in [2.45, 2.75) is 6.42 Å². The fraction of sp³-hybridized carbons (Fsp3) is 0.364. The first kappa shape index (κ1) is 12.4. The highest BCUT2D eigenvalue weighted by molar-refractivity contribution is 5.66. The molecule has 5 heteroatoms. The molecule has 0 radical (unpaired) electrons. The van der Waals surface area contributed by atoms with Crippen molar-refractivity contribution in [1.29, 1.82) is 0 Å². The number of hydrogen-bond donors (Lipinski definition) is 0. The first-order valence-corrected chi connectivity index (χ1v) is 4.77. The number of amides is 1. The Labute approximate surface area is 92.6 Å². The third-order valence-electron chi connectivity index (χ3n) is 2.22. The molecule has 0 saturated carbocycles. The number of nitrogens with zero attached hydrogens (tertiary/aromatic N) is 1. The molecule has 0 aliphatic rings. The van der Waals surface area contributed by atoms with Crippen molar-refractivity contribution in [3.63, 3.8) is 0 Å². The maximum atomic E-state index is 13.2. The van der Waals surface area contributed by atoms with Crippen molar-refractivity contribution < 1.29 is 18.3 Å². The zero-order valence-electron chi connectivity index (χ0n) is 9.17. The molecule has 0 heterocycles. The molecule has 0 aromatic heterocycles. The monoisotopic (exact) mass is 229 g/mol. The minimum atomic E-state index is -0.609. The fourth-order valence-electron chi connectivity index (χ4n) is 1.26. The van der Waals surface area contributed by atoms with Gasteiger partial charge in [-0.3, -0.25) is 0 Å². The molecule has 0 saturated heterocycles. The Morgan fingerprint density at radius 1 is 1.44 bits per heavy atom. The highest BCUT2D eigenvalue weighted by atomic mass is 19.1. The van der Waals surface area contributed by atoms with Crippen LogP contribution in [0.3, 0.4) is 0 Å². The summed E-state index contributed by atoms with van der Waals surface area (Å²) in [4.78, 5) is 12.3. The Morgan fingerprint density at radius 3 is 2.69 bits per heavy atom. The summed E-state index contributed by atoms with van der Waals surface area (Å²) < 4.78 is 30.3. The van der Waals surface area contributed by atoms with Gasteiger partial charge in [0.2, 0.25) is 0 Å². The zero-order valence-corrected chi connectivity index (χ0v) is 9.17. The minimum Gasteiger partial charge on any atom is -0.453 e. The molecule has 1 amide bonds. The van der Waals surface area contributed by atoms with E-state index in [-0.39, 0.29) is 0 Å². The van der Waals surface area contributed by atoms with E-state index in [1.165, 1.54) is 24.1 Å². The van der Waals surface area contributed by atoms with Gasteiger partial charge in [0.05, 0.1) is 7.11 Å². The topological polar surface area (TPSA) is 29.5 Å². The number of ether oxygens (including phenoxy) is 1. The van der Waals surface area contributed by atoms with Crippen molar-refractivity contribution in [2.75, 3.05) is 20.7 Å². The van der Waals surface area contributed by atoms with Crippen LogP contribution in [0.15, 0.2) is 18.2 Å². The van der Waals surface area contributed by atoms with E-state index in [4.69, 9.17) is 0 Å². The molecule has 3 nitrogen and oxygen atoms in total. The van der Waals surface area contributed by atoms with E-state index in [9.17, 15) is 13.6 Å². The molecule has 0 bridgehead atoms. The highest BCUT2D eigenvalue weighted by Crippen LogP contribution is 2.10. The highest BCUT2D eigenvalue weighted by Gasteiger charge is 2.09. The van der Waals surface area contributed by atoms with Crippen LogP contribution >= 0.6 is 0 Å². The number of halogens is 2. The zero-order chi connectivity index (χ0) is 12.1. The third-order valence-corrected chi connectivity index (χ3v) is 2.22. The predicted octanol–water partition coefficient (Wildman–Crippen LogP) is 2.21. The summed E-state index contributed by atoms with van der Waals surface area (Å²) >= 11 is 0. The molecule has 0 aliphatic carbocycles. The van der Waals surface area contributed by atoms with Gasteiger partial charge in [-0.25, -0.2) is 13.6 Å². The standard InChI is InChI=1S/C11H13F2NO2/c1-14(11(15)16-2)6-5-8-3-4-9(12)7-10(8)13/h3-4,7H,5-6H2,1-2H3. The summed E-state index contributed by atoms with van der Waals surface area (Å²) in [5.41, 5.74) is 0.372. The number of benzene rings is 1. The van der Waals surface area contributed by atoms with Gasteiger partial charge in [0.15, 0.2) is 0 Å². The van der Waals surface area contributed by atoms with Gasteiger partial charge in [-0.1, -0.05) is 6.07 Å². The maximum Gasteiger partial charge on any atom is 0.409 e. The summed E-state index contributed by atoms with van der Waals surface area (Å²) in [6.45, 7) is 0.315. The van der Waals surface area contributed by atoms with Gasteiger partial charge in [0, 0.05) is 19.7 Å². The van der Waals surface area contributed by atoms with Gasteiger partial charge in [0.25, 0.3) is 0 Å². The van der Waals surface area contributed by atoms with Crippen molar-refractivity contribution in [1.82, 2.24) is 4.90 Å². The van der Waals surface area contributed by atoms with E-state index in [1.807, 2.05) is 0 Å². The molecule has 0 unspecified atom stereocenters. The number of likely N-dealkylation sites (N-methyl/N-ethyl adjacent to an activating group) is 1. The van der Waals surface area contributed by atoms with Crippen molar-refractivity contribution in [3.05, 3.63) is 35.4 Å². The smallest absolute Gasteiger partial charge is 0.409 e. The average molecular weight is 229 g/mol. The SMILES string of the molecule is COC(=O)N(C)CCc1ccc(F)cc1F. The van der Waals surface area contributed by atoms with Crippen molar-refractivity contribution in [3.8, 4) is 0 Å². The van der Waals surface area contributed by atoms with Gasteiger partial charge >= 0.3 is 6.09 Å². The number of methoxy groups -OCH3 is 1. The van der Waals surface area contributed by atoms with Crippen LogP contribution in [0.4, 0.5) is 13.6 Å². The van der Waals surface area contributed by atoms with Crippen molar-refractivity contribution >= 4 is 6.09 Å². The maximum absolute atomic E-state index is 13.2. The van der Waals surface area contributed by atoms with Crippen LogP contribution < -0.4 is 0 Å². The van der Waals surface area contributed by atoms with Crippen LogP contribution in [-0.4, -0.2) is 31.7 Å². The first-order valence-electron chi connectivity index (χ1n) is 4.77. The molecule has 88 valence electrons. The second-order valence-corrected chi connectivity index (χ2v) is 3.38. The Bertz CT molecular complexity index is 382. The number of carbonyl (C=O) groups is 1. The lowest BCUT2D eigenvalue weighted by Gasteiger charge is -2.15. The van der Waals surface area contributed by atoms with Crippen LogP contribution in [0, 0.1) is 11.6 Å². The Balaban J connectivity index is 2.58. The van der Waals surface area contributed by atoms with E-state index in [0.29, 0.717) is 18.5 Å². The molecule has 1 aromatic carbocycles. The minimum absolute atomic E-state index is 0.315. The van der Waals surface area contributed by atoms with Gasteiger partial charge in [-0.05, 0) is 18.1 Å². The van der Waals surface area contributed by atoms with E-state index in [2.05, 4.69) is 4.74 Å². The van der Waals surface area contributed by atoms with Crippen LogP contribution in [0.2, 0.25) is 0 Å². The summed E-state index contributed by atoms with van der Waals surface area (Å²) in [5, 5.41) is 0. The van der Waals surface area contributed by atoms with Crippen LogP contribution in [-0.2, 0) is 11.2 Å². The molecule has 0 fully saturated rings. The van der Waals surface area contributed by atoms with E-state index >= 15 is 0 Å². The quantitative estimate of drug-likeness (QED) is 0.795. The number of rotatable bonds is 3. The van der Waals surface area contributed by atoms with E-state index in [1.54, 1.807) is 7.05 Å². The molecule has 1 aromatic rings. The number of hydrogen-bond acceptors (Lipinski definition) is 2. The lowest BCUT2D eigenvalue weighted by molar-refractivity contribution is 0.133. The molecule has 0 atom stereocenters. The predicted molar refractivity (Wildman–Crippen MR) is 55.1 cm³/mol. The lowest BCUT2D eigenvalue weighted by atomic mass is 10.1. The first-order chi connectivity index (χ1) is 7.54. The van der Waals surface area contributed by atoms with Gasteiger partial charge in [-0.2, -0.15) is 0 Å². The third kappa shape index (κ3) is 3.18. The summed E-state index contributed by atoms with van der Waals surface area (Å²) in [6.07, 6.45) is -0.167. The fourth-order valence-corrected chi connectivity index (χ4v) is 1.26.